The van der Waals surface area contributed by atoms with E-state index in [1.54, 1.807) is 11.3 Å². The van der Waals surface area contributed by atoms with Gasteiger partial charge in [0, 0.05) is 16.7 Å². The maximum absolute atomic E-state index is 12.5. The van der Waals surface area contributed by atoms with Gasteiger partial charge < -0.3 is 15.0 Å². The predicted octanol–water partition coefficient (Wildman–Crippen LogP) is 4.00. The van der Waals surface area contributed by atoms with Crippen LogP contribution in [-0.4, -0.2) is 22.5 Å². The van der Waals surface area contributed by atoms with Crippen molar-refractivity contribution in [3.05, 3.63) is 47.1 Å². The fourth-order valence-electron chi connectivity index (χ4n) is 3.11. The number of thiophene rings is 1. The number of carbonyl (C=O) groups excluding carboxylic acids is 1. The van der Waals surface area contributed by atoms with Gasteiger partial charge in [0.05, 0.1) is 23.7 Å². The highest BCUT2D eigenvalue weighted by molar-refractivity contribution is 7.13. The number of hydrogen-bond acceptors (Lipinski definition) is 4. The Morgan fingerprint density at radius 3 is 3.04 bits per heavy atom. The molecule has 0 saturated heterocycles. The molecule has 2 heterocycles. The summed E-state index contributed by atoms with van der Waals surface area (Å²) in [4.78, 5) is 21.6. The van der Waals surface area contributed by atoms with E-state index in [1.165, 1.54) is 0 Å². The molecule has 2 aromatic heterocycles. The number of benzene rings is 1. The molecule has 1 aliphatic carbocycles. The van der Waals surface area contributed by atoms with Crippen LogP contribution < -0.4 is 10.1 Å². The van der Waals surface area contributed by atoms with Gasteiger partial charge in [-0.3, -0.25) is 4.79 Å². The number of amides is 1. The molecule has 1 amide bonds. The molecule has 2 N–H and O–H groups in total. The first kappa shape index (κ1) is 16.1. The summed E-state index contributed by atoms with van der Waals surface area (Å²) in [7, 11) is 0. The molecule has 4 rings (SSSR count). The van der Waals surface area contributed by atoms with Crippen LogP contribution in [0.5, 0.6) is 5.06 Å². The summed E-state index contributed by atoms with van der Waals surface area (Å²) < 4.78 is 5.50. The number of aromatic nitrogens is 2. The summed E-state index contributed by atoms with van der Waals surface area (Å²) in [5, 5.41) is 4.01. The second kappa shape index (κ2) is 6.52. The van der Waals surface area contributed by atoms with Crippen LogP contribution in [0, 0.1) is 5.92 Å². The van der Waals surface area contributed by atoms with Crippen LogP contribution in [0.15, 0.2) is 36.4 Å². The summed E-state index contributed by atoms with van der Waals surface area (Å²) in [6.07, 6.45) is 0.854. The minimum atomic E-state index is -0.0105. The van der Waals surface area contributed by atoms with Crippen molar-refractivity contribution >= 4 is 28.3 Å². The monoisotopic (exact) mass is 355 g/mol. The number of ether oxygens (including phenoxy) is 1. The zero-order valence-electron chi connectivity index (χ0n) is 14.3. The molecule has 1 fully saturated rings. The number of H-pyrrole nitrogens is 1. The number of para-hydroxylation sites is 2. The lowest BCUT2D eigenvalue weighted by atomic mass is 10.2. The van der Waals surface area contributed by atoms with Crippen molar-refractivity contribution in [2.24, 2.45) is 5.92 Å². The summed E-state index contributed by atoms with van der Waals surface area (Å²) in [5.41, 5.74) is 1.98. The fourth-order valence-corrected chi connectivity index (χ4v) is 4.03. The second-order valence-corrected chi connectivity index (χ2v) is 7.49. The van der Waals surface area contributed by atoms with Gasteiger partial charge in [0.1, 0.15) is 5.82 Å². The van der Waals surface area contributed by atoms with E-state index in [0.717, 1.165) is 33.2 Å². The van der Waals surface area contributed by atoms with E-state index in [9.17, 15) is 4.79 Å². The zero-order valence-corrected chi connectivity index (χ0v) is 15.1. The lowest BCUT2D eigenvalue weighted by molar-refractivity contribution is -0.123. The molecule has 1 aliphatic rings. The van der Waals surface area contributed by atoms with Gasteiger partial charge in [0.25, 0.3) is 0 Å². The van der Waals surface area contributed by atoms with Crippen molar-refractivity contribution in [2.75, 3.05) is 6.61 Å². The number of fused-ring (bicyclic) bond motifs is 1. The van der Waals surface area contributed by atoms with Crippen LogP contribution in [0.4, 0.5) is 0 Å². The third-order valence-electron chi connectivity index (χ3n) is 4.56. The lowest BCUT2D eigenvalue weighted by Gasteiger charge is -2.12. The van der Waals surface area contributed by atoms with Gasteiger partial charge in [-0.25, -0.2) is 4.98 Å². The number of aromatic amines is 1. The van der Waals surface area contributed by atoms with E-state index in [4.69, 9.17) is 4.74 Å². The summed E-state index contributed by atoms with van der Waals surface area (Å²) in [5.74, 6) is 1.23. The molecule has 25 heavy (non-hydrogen) atoms. The normalized spacial score (nSPS) is 20.4. The smallest absolute Gasteiger partial charge is 0.224 e. The number of nitrogens with one attached hydrogen (secondary N) is 2. The molecule has 130 valence electrons. The molecule has 3 atom stereocenters. The first-order valence-electron chi connectivity index (χ1n) is 8.63. The van der Waals surface area contributed by atoms with E-state index in [0.29, 0.717) is 6.61 Å². The summed E-state index contributed by atoms with van der Waals surface area (Å²) in [6, 6.07) is 11.9. The predicted molar refractivity (Wildman–Crippen MR) is 99.0 cm³/mol. The van der Waals surface area contributed by atoms with Crippen LogP contribution in [0.3, 0.4) is 0 Å². The Morgan fingerprint density at radius 2 is 2.24 bits per heavy atom. The average molecular weight is 355 g/mol. The third kappa shape index (κ3) is 3.26. The maximum atomic E-state index is 12.5. The number of imidazole rings is 1. The molecule has 3 aromatic rings. The van der Waals surface area contributed by atoms with E-state index in [1.807, 2.05) is 50.2 Å². The Bertz CT molecular complexity index is 868. The molecule has 5 nitrogen and oxygen atoms in total. The quantitative estimate of drug-likeness (QED) is 0.702. The Balaban J connectivity index is 1.38. The second-order valence-electron chi connectivity index (χ2n) is 6.41. The van der Waals surface area contributed by atoms with Crippen molar-refractivity contribution in [3.63, 3.8) is 0 Å². The topological polar surface area (TPSA) is 67.0 Å². The van der Waals surface area contributed by atoms with Crippen molar-refractivity contribution in [1.82, 2.24) is 15.3 Å². The highest BCUT2D eigenvalue weighted by atomic mass is 32.1. The maximum Gasteiger partial charge on any atom is 0.224 e. The number of carbonyl (C=O) groups is 1. The van der Waals surface area contributed by atoms with Crippen LogP contribution in [0.1, 0.15) is 42.9 Å². The minimum Gasteiger partial charge on any atom is -0.484 e. The van der Waals surface area contributed by atoms with E-state index < -0.39 is 0 Å². The van der Waals surface area contributed by atoms with Crippen LogP contribution >= 0.6 is 11.3 Å². The number of hydrogen-bond donors (Lipinski definition) is 2. The van der Waals surface area contributed by atoms with Gasteiger partial charge in [-0.05, 0) is 44.5 Å². The SMILES string of the molecule is CCOc1ccc([C@@H](C)NC(=O)C2CC2c2nc3ccccc3[nH]2)s1. The fraction of sp³-hybridized carbons (Fsp3) is 0.368. The van der Waals surface area contributed by atoms with E-state index in [2.05, 4.69) is 15.3 Å². The van der Waals surface area contributed by atoms with Gasteiger partial charge >= 0.3 is 0 Å². The minimum absolute atomic E-state index is 0.00865. The summed E-state index contributed by atoms with van der Waals surface area (Å²) >= 11 is 1.58. The number of rotatable bonds is 6. The molecular weight excluding hydrogens is 334 g/mol. The molecule has 2 unspecified atom stereocenters. The van der Waals surface area contributed by atoms with Gasteiger partial charge in [-0.2, -0.15) is 0 Å². The van der Waals surface area contributed by atoms with E-state index >= 15 is 0 Å². The average Bonchev–Trinajstić information content (AvgIpc) is 3.07. The van der Waals surface area contributed by atoms with Crippen LogP contribution in [0.25, 0.3) is 11.0 Å². The molecular formula is C19H21N3O2S. The Hall–Kier alpha value is -2.34. The highest BCUT2D eigenvalue weighted by Crippen LogP contribution is 2.47. The molecule has 0 aliphatic heterocycles. The molecule has 6 heteroatoms. The molecule has 0 radical (unpaired) electrons. The first-order valence-corrected chi connectivity index (χ1v) is 9.45. The molecule has 0 bridgehead atoms. The van der Waals surface area contributed by atoms with Gasteiger partial charge in [0.15, 0.2) is 5.06 Å². The molecule has 0 spiro atoms. The highest BCUT2D eigenvalue weighted by Gasteiger charge is 2.46. The molecule has 1 aromatic carbocycles. The third-order valence-corrected chi connectivity index (χ3v) is 5.74. The Morgan fingerprint density at radius 1 is 1.40 bits per heavy atom. The Labute approximate surface area is 150 Å². The first-order chi connectivity index (χ1) is 12.2. The van der Waals surface area contributed by atoms with E-state index in [-0.39, 0.29) is 23.8 Å². The van der Waals surface area contributed by atoms with Crippen molar-refractivity contribution < 1.29 is 9.53 Å². The van der Waals surface area contributed by atoms with Gasteiger partial charge in [0.2, 0.25) is 5.91 Å². The van der Waals surface area contributed by atoms with Gasteiger partial charge in [-0.15, -0.1) is 11.3 Å². The standard InChI is InChI=1S/C19H21N3O2S/c1-3-24-17-9-8-16(25-17)11(2)20-19(23)13-10-12(13)18-21-14-6-4-5-7-15(14)22-18/h4-9,11-13H,3,10H2,1-2H3,(H,20,23)(H,21,22)/t11-,12?,13?/m1/s1. The summed E-state index contributed by atoms with van der Waals surface area (Å²) in [6.45, 7) is 4.63. The van der Waals surface area contributed by atoms with Crippen molar-refractivity contribution in [1.29, 1.82) is 0 Å². The van der Waals surface area contributed by atoms with Gasteiger partial charge in [-0.1, -0.05) is 12.1 Å². The Kier molecular flexibility index (Phi) is 4.21. The van der Waals surface area contributed by atoms with Crippen molar-refractivity contribution in [2.45, 2.75) is 32.2 Å². The number of nitrogens with zero attached hydrogens (tertiary/aromatic N) is 1. The molecule has 1 saturated carbocycles. The lowest BCUT2D eigenvalue weighted by Crippen LogP contribution is -2.28. The van der Waals surface area contributed by atoms with Crippen LogP contribution in [0.2, 0.25) is 0 Å². The van der Waals surface area contributed by atoms with Crippen LogP contribution in [-0.2, 0) is 4.79 Å². The largest absolute Gasteiger partial charge is 0.484 e. The zero-order chi connectivity index (χ0) is 17.4. The van der Waals surface area contributed by atoms with Crippen molar-refractivity contribution in [3.8, 4) is 5.06 Å².